The van der Waals surface area contributed by atoms with Crippen LogP contribution in [0.25, 0.3) is 5.52 Å². The van der Waals surface area contributed by atoms with Crippen molar-refractivity contribution in [2.24, 2.45) is 0 Å². The predicted octanol–water partition coefficient (Wildman–Crippen LogP) is 0.738. The van der Waals surface area contributed by atoms with E-state index in [1.807, 2.05) is 0 Å². The third kappa shape index (κ3) is 1.10. The van der Waals surface area contributed by atoms with Crippen LogP contribution in [0.4, 0.5) is 0 Å². The Kier molecular flexibility index (Phi) is 1.45. The van der Waals surface area contributed by atoms with E-state index < -0.39 is 5.97 Å². The number of hydrogen-bond donors (Lipinski definition) is 2. The van der Waals surface area contributed by atoms with Crippen molar-refractivity contribution in [3.05, 3.63) is 30.4 Å². The molecular weight excluding hydrogens is 172 g/mol. The monoisotopic (exact) mass is 178 g/mol. The molecule has 0 atom stereocenters. The van der Waals surface area contributed by atoms with Gasteiger partial charge in [0, 0.05) is 12.3 Å². The van der Waals surface area contributed by atoms with Gasteiger partial charge in [-0.05, 0) is 6.07 Å². The molecular formula is C8H6N2O3. The van der Waals surface area contributed by atoms with Crippen molar-refractivity contribution in [1.29, 1.82) is 0 Å². The summed E-state index contributed by atoms with van der Waals surface area (Å²) in [6.45, 7) is 0. The molecule has 0 aliphatic heterocycles. The quantitative estimate of drug-likeness (QED) is 0.675. The highest BCUT2D eigenvalue weighted by atomic mass is 16.4. The highest BCUT2D eigenvalue weighted by Crippen LogP contribution is 2.15. The van der Waals surface area contributed by atoms with Gasteiger partial charge in [-0.15, -0.1) is 0 Å². The number of aromatic nitrogens is 2. The number of aromatic hydroxyl groups is 1. The van der Waals surface area contributed by atoms with Gasteiger partial charge in [-0.2, -0.15) is 0 Å². The second kappa shape index (κ2) is 2.48. The molecule has 0 spiro atoms. The molecule has 2 heterocycles. The van der Waals surface area contributed by atoms with E-state index in [0.717, 1.165) is 0 Å². The summed E-state index contributed by atoms with van der Waals surface area (Å²) in [7, 11) is 0. The van der Waals surface area contributed by atoms with E-state index in [1.54, 1.807) is 6.20 Å². The Morgan fingerprint density at radius 1 is 1.54 bits per heavy atom. The van der Waals surface area contributed by atoms with Crippen LogP contribution in [-0.4, -0.2) is 25.6 Å². The molecule has 2 rings (SSSR count). The first-order valence-corrected chi connectivity index (χ1v) is 3.57. The first-order valence-electron chi connectivity index (χ1n) is 3.57. The van der Waals surface area contributed by atoms with Crippen molar-refractivity contribution >= 4 is 11.5 Å². The first kappa shape index (κ1) is 7.60. The van der Waals surface area contributed by atoms with Crippen molar-refractivity contribution < 1.29 is 15.0 Å². The number of carboxylic acid groups (broad SMARTS) is 1. The van der Waals surface area contributed by atoms with Gasteiger partial charge in [0.1, 0.15) is 12.1 Å². The molecule has 0 bridgehead atoms. The molecule has 66 valence electrons. The van der Waals surface area contributed by atoms with Crippen LogP contribution < -0.4 is 0 Å². The van der Waals surface area contributed by atoms with E-state index in [9.17, 15) is 4.79 Å². The maximum Gasteiger partial charge on any atom is 0.356 e. The van der Waals surface area contributed by atoms with Gasteiger partial charge in [-0.1, -0.05) is 0 Å². The largest absolute Gasteiger partial charge is 0.508 e. The summed E-state index contributed by atoms with van der Waals surface area (Å²) >= 11 is 0. The van der Waals surface area contributed by atoms with Gasteiger partial charge in [-0.3, -0.25) is 0 Å². The second-order valence-electron chi connectivity index (χ2n) is 2.58. The highest BCUT2D eigenvalue weighted by Gasteiger charge is 2.11. The molecule has 2 aromatic rings. The smallest absolute Gasteiger partial charge is 0.356 e. The number of nitrogens with zero attached hydrogens (tertiary/aromatic N) is 2. The van der Waals surface area contributed by atoms with Crippen LogP contribution in [0, 0.1) is 0 Å². The predicted molar refractivity (Wildman–Crippen MR) is 43.8 cm³/mol. The van der Waals surface area contributed by atoms with Gasteiger partial charge in [0.15, 0.2) is 5.69 Å². The maximum atomic E-state index is 10.6. The third-order valence-corrected chi connectivity index (χ3v) is 1.73. The third-order valence-electron chi connectivity index (χ3n) is 1.73. The van der Waals surface area contributed by atoms with Gasteiger partial charge in [0.2, 0.25) is 0 Å². The Morgan fingerprint density at radius 2 is 2.31 bits per heavy atom. The van der Waals surface area contributed by atoms with Crippen LogP contribution in [-0.2, 0) is 0 Å². The Labute approximate surface area is 72.9 Å². The van der Waals surface area contributed by atoms with Crippen LogP contribution >= 0.6 is 0 Å². The summed E-state index contributed by atoms with van der Waals surface area (Å²) in [5.74, 6) is -1.08. The van der Waals surface area contributed by atoms with E-state index in [2.05, 4.69) is 4.98 Å². The van der Waals surface area contributed by atoms with Crippen LogP contribution in [0.5, 0.6) is 5.75 Å². The molecule has 0 aliphatic rings. The van der Waals surface area contributed by atoms with Gasteiger partial charge in [-0.25, -0.2) is 9.78 Å². The summed E-state index contributed by atoms with van der Waals surface area (Å²) in [6.07, 6.45) is 2.93. The molecule has 2 aromatic heterocycles. The van der Waals surface area contributed by atoms with Gasteiger partial charge >= 0.3 is 5.97 Å². The Bertz CT molecular complexity index is 475. The molecule has 5 nitrogen and oxygen atoms in total. The molecule has 0 amide bonds. The lowest BCUT2D eigenvalue weighted by Gasteiger charge is -1.94. The van der Waals surface area contributed by atoms with Crippen molar-refractivity contribution in [2.45, 2.75) is 0 Å². The minimum absolute atomic E-state index is 0.0236. The number of carboxylic acids is 1. The normalized spacial score (nSPS) is 10.5. The van der Waals surface area contributed by atoms with E-state index in [4.69, 9.17) is 10.2 Å². The number of carbonyl (C=O) groups is 1. The lowest BCUT2D eigenvalue weighted by Crippen LogP contribution is -1.96. The Morgan fingerprint density at radius 3 is 3.00 bits per heavy atom. The van der Waals surface area contributed by atoms with E-state index in [0.29, 0.717) is 5.52 Å². The van der Waals surface area contributed by atoms with Crippen molar-refractivity contribution in [3.8, 4) is 5.75 Å². The fourth-order valence-electron chi connectivity index (χ4n) is 1.14. The summed E-state index contributed by atoms with van der Waals surface area (Å²) in [6, 6.07) is 2.82. The molecule has 5 heteroatoms. The van der Waals surface area contributed by atoms with Crippen LogP contribution in [0.2, 0.25) is 0 Å². The van der Waals surface area contributed by atoms with Crippen molar-refractivity contribution in [3.63, 3.8) is 0 Å². The lowest BCUT2D eigenvalue weighted by molar-refractivity contribution is 0.0693. The molecule has 0 saturated heterocycles. The maximum absolute atomic E-state index is 10.6. The average Bonchev–Trinajstić information content (AvgIpc) is 2.46. The Hall–Kier alpha value is -2.04. The number of rotatable bonds is 1. The topological polar surface area (TPSA) is 74.8 Å². The molecule has 0 fully saturated rings. The van der Waals surface area contributed by atoms with E-state index in [-0.39, 0.29) is 11.4 Å². The fraction of sp³-hybridized carbons (Fsp3) is 0. The van der Waals surface area contributed by atoms with Crippen LogP contribution in [0.15, 0.2) is 24.7 Å². The average molecular weight is 178 g/mol. The molecule has 0 radical (unpaired) electrons. The van der Waals surface area contributed by atoms with Gasteiger partial charge in [0.25, 0.3) is 0 Å². The number of fused-ring (bicyclic) bond motifs is 1. The van der Waals surface area contributed by atoms with Crippen molar-refractivity contribution in [2.75, 3.05) is 0 Å². The van der Waals surface area contributed by atoms with E-state index >= 15 is 0 Å². The first-order chi connectivity index (χ1) is 6.18. The molecule has 0 unspecified atom stereocenters. The standard InChI is InChI=1S/C8H6N2O3/c11-5-1-2-10-4-9-7(8(12)13)6(10)3-5/h1-4,11H,(H,12,13). The summed E-state index contributed by atoms with van der Waals surface area (Å²) in [4.78, 5) is 14.3. The van der Waals surface area contributed by atoms with Crippen LogP contribution in [0.1, 0.15) is 10.5 Å². The fourth-order valence-corrected chi connectivity index (χ4v) is 1.14. The van der Waals surface area contributed by atoms with E-state index in [1.165, 1.54) is 22.9 Å². The second-order valence-corrected chi connectivity index (χ2v) is 2.58. The summed E-state index contributed by atoms with van der Waals surface area (Å²) in [5, 5.41) is 17.8. The molecule has 2 N–H and O–H groups in total. The number of aromatic carboxylic acids is 1. The minimum atomic E-state index is -1.10. The van der Waals surface area contributed by atoms with Gasteiger partial charge in [0.05, 0.1) is 5.52 Å². The van der Waals surface area contributed by atoms with Gasteiger partial charge < -0.3 is 14.6 Å². The number of hydrogen-bond acceptors (Lipinski definition) is 3. The number of imidazole rings is 1. The summed E-state index contributed by atoms with van der Waals surface area (Å²) in [5.41, 5.74) is 0.323. The number of pyridine rings is 1. The zero-order chi connectivity index (χ0) is 9.42. The zero-order valence-corrected chi connectivity index (χ0v) is 6.51. The molecule has 0 saturated carbocycles. The minimum Gasteiger partial charge on any atom is -0.508 e. The zero-order valence-electron chi connectivity index (χ0n) is 6.51. The molecule has 0 aliphatic carbocycles. The molecule has 13 heavy (non-hydrogen) atoms. The molecule has 0 aromatic carbocycles. The Balaban J connectivity index is 2.79. The summed E-state index contributed by atoms with van der Waals surface area (Å²) < 4.78 is 1.53. The SMILES string of the molecule is O=C(O)c1ncn2ccc(O)cc12. The lowest BCUT2D eigenvalue weighted by atomic mass is 10.3. The van der Waals surface area contributed by atoms with Crippen molar-refractivity contribution in [1.82, 2.24) is 9.38 Å². The van der Waals surface area contributed by atoms with Crippen LogP contribution in [0.3, 0.4) is 0 Å². The highest BCUT2D eigenvalue weighted by molar-refractivity contribution is 5.93.